The molecule has 2 aromatic heterocycles. The highest BCUT2D eigenvalue weighted by atomic mass is 35.5. The number of ether oxygens (including phenoxy) is 1. The van der Waals surface area contributed by atoms with Crippen molar-refractivity contribution in [2.24, 2.45) is 0 Å². The largest absolute Gasteiger partial charge is 0.379 e. The minimum atomic E-state index is 0.0385. The van der Waals surface area contributed by atoms with Crippen LogP contribution in [0.4, 0.5) is 0 Å². The number of H-pyrrole nitrogens is 1. The van der Waals surface area contributed by atoms with Crippen LogP contribution >= 0.6 is 22.9 Å². The molecular formula is C17H21ClN4O2S. The zero-order valence-corrected chi connectivity index (χ0v) is 15.6. The molecule has 0 radical (unpaired) electrons. The predicted molar refractivity (Wildman–Crippen MR) is 98.2 cm³/mol. The third kappa shape index (κ3) is 3.21. The smallest absolute Gasteiger partial charge is 0.258 e. The number of nitrogens with one attached hydrogen (secondary N) is 1. The van der Waals surface area contributed by atoms with Crippen LogP contribution in [0.2, 0.25) is 4.34 Å². The van der Waals surface area contributed by atoms with Crippen LogP contribution in [-0.4, -0.2) is 70.8 Å². The summed E-state index contributed by atoms with van der Waals surface area (Å²) in [5.74, 6) is 0.0385. The van der Waals surface area contributed by atoms with Gasteiger partial charge in [0.2, 0.25) is 0 Å². The van der Waals surface area contributed by atoms with Gasteiger partial charge in [-0.05, 0) is 25.5 Å². The monoisotopic (exact) mass is 380 g/mol. The Labute approximate surface area is 155 Å². The number of nitrogens with zero attached hydrogens (tertiary/aromatic N) is 3. The standard InChI is InChI=1S/C17H21ClN4O2S/c1-11-13(21-6-8-24-9-7-21)4-5-22(11)17(23)12-10-19-20-16(12)14-2-3-15(18)25-14/h2-3,10-11,13H,4-9H2,1H3,(H,19,20)/t11-,13-/m1/s1. The van der Waals surface area contributed by atoms with E-state index in [-0.39, 0.29) is 11.9 Å². The van der Waals surface area contributed by atoms with Crippen LogP contribution in [-0.2, 0) is 4.74 Å². The van der Waals surface area contributed by atoms with Gasteiger partial charge in [-0.3, -0.25) is 14.8 Å². The maximum atomic E-state index is 13.1. The van der Waals surface area contributed by atoms with Crippen molar-refractivity contribution >= 4 is 28.8 Å². The fourth-order valence-corrected chi connectivity index (χ4v) is 4.90. The molecule has 1 amide bonds. The molecule has 0 aliphatic carbocycles. The minimum Gasteiger partial charge on any atom is -0.379 e. The van der Waals surface area contributed by atoms with Gasteiger partial charge in [0.05, 0.1) is 39.9 Å². The summed E-state index contributed by atoms with van der Waals surface area (Å²) < 4.78 is 6.15. The summed E-state index contributed by atoms with van der Waals surface area (Å²) >= 11 is 7.48. The molecule has 8 heteroatoms. The van der Waals surface area contributed by atoms with E-state index in [1.807, 2.05) is 17.0 Å². The Balaban J connectivity index is 1.53. The highest BCUT2D eigenvalue weighted by Gasteiger charge is 2.38. The molecule has 2 saturated heterocycles. The van der Waals surface area contributed by atoms with E-state index in [1.54, 1.807) is 6.20 Å². The van der Waals surface area contributed by atoms with Gasteiger partial charge in [0.1, 0.15) is 0 Å². The summed E-state index contributed by atoms with van der Waals surface area (Å²) in [6, 6.07) is 4.34. The van der Waals surface area contributed by atoms with Gasteiger partial charge in [-0.2, -0.15) is 5.10 Å². The first-order valence-corrected chi connectivity index (χ1v) is 9.76. The molecule has 0 unspecified atom stereocenters. The number of halogens is 1. The number of carbonyl (C=O) groups excluding carboxylic acids is 1. The lowest BCUT2D eigenvalue weighted by atomic mass is 10.1. The number of hydrogen-bond donors (Lipinski definition) is 1. The van der Waals surface area contributed by atoms with E-state index in [1.165, 1.54) is 11.3 Å². The van der Waals surface area contributed by atoms with Crippen molar-refractivity contribution in [1.82, 2.24) is 20.0 Å². The van der Waals surface area contributed by atoms with Gasteiger partial charge < -0.3 is 9.64 Å². The molecular weight excluding hydrogens is 360 g/mol. The molecule has 1 N–H and O–H groups in total. The molecule has 2 aromatic rings. The first-order chi connectivity index (χ1) is 12.1. The van der Waals surface area contributed by atoms with E-state index < -0.39 is 0 Å². The lowest BCUT2D eigenvalue weighted by Gasteiger charge is -2.35. The van der Waals surface area contributed by atoms with Gasteiger partial charge in [-0.25, -0.2) is 0 Å². The Morgan fingerprint density at radius 1 is 1.36 bits per heavy atom. The zero-order chi connectivity index (χ0) is 17.4. The summed E-state index contributed by atoms with van der Waals surface area (Å²) in [5.41, 5.74) is 1.37. The minimum absolute atomic E-state index is 0.0385. The van der Waals surface area contributed by atoms with Gasteiger partial charge >= 0.3 is 0 Å². The molecule has 2 aliphatic rings. The Bertz CT molecular complexity index is 755. The van der Waals surface area contributed by atoms with Crippen molar-refractivity contribution in [2.45, 2.75) is 25.4 Å². The maximum absolute atomic E-state index is 13.1. The lowest BCUT2D eigenvalue weighted by molar-refractivity contribution is 0.0104. The second-order valence-electron chi connectivity index (χ2n) is 6.51. The van der Waals surface area contributed by atoms with Gasteiger partial charge in [0.15, 0.2) is 0 Å². The summed E-state index contributed by atoms with van der Waals surface area (Å²) in [6.07, 6.45) is 2.63. The van der Waals surface area contributed by atoms with Gasteiger partial charge in [0.25, 0.3) is 5.91 Å². The zero-order valence-electron chi connectivity index (χ0n) is 14.1. The highest BCUT2D eigenvalue weighted by Crippen LogP contribution is 2.33. The number of amides is 1. The molecule has 6 nitrogen and oxygen atoms in total. The van der Waals surface area contributed by atoms with Crippen molar-refractivity contribution < 1.29 is 9.53 Å². The van der Waals surface area contributed by atoms with Crippen molar-refractivity contribution in [3.8, 4) is 10.6 Å². The maximum Gasteiger partial charge on any atom is 0.258 e. The predicted octanol–water partition coefficient (Wildman–Crippen LogP) is 2.73. The molecule has 2 atom stereocenters. The van der Waals surface area contributed by atoms with E-state index in [0.717, 1.165) is 49.8 Å². The van der Waals surface area contributed by atoms with Crippen LogP contribution in [0.25, 0.3) is 10.6 Å². The first-order valence-electron chi connectivity index (χ1n) is 8.57. The fourth-order valence-electron chi connectivity index (χ4n) is 3.85. The van der Waals surface area contributed by atoms with E-state index >= 15 is 0 Å². The summed E-state index contributed by atoms with van der Waals surface area (Å²) in [4.78, 5) is 18.5. The van der Waals surface area contributed by atoms with Crippen molar-refractivity contribution in [3.05, 3.63) is 28.2 Å². The normalized spacial score (nSPS) is 24.8. The fraction of sp³-hybridized carbons (Fsp3) is 0.529. The van der Waals surface area contributed by atoms with Crippen LogP contribution < -0.4 is 0 Å². The van der Waals surface area contributed by atoms with Crippen molar-refractivity contribution in [1.29, 1.82) is 0 Å². The van der Waals surface area contributed by atoms with Crippen LogP contribution in [0.1, 0.15) is 23.7 Å². The van der Waals surface area contributed by atoms with Gasteiger partial charge in [0, 0.05) is 31.7 Å². The van der Waals surface area contributed by atoms with Crippen LogP contribution in [0.3, 0.4) is 0 Å². The van der Waals surface area contributed by atoms with Crippen LogP contribution in [0, 0.1) is 0 Å². The summed E-state index contributed by atoms with van der Waals surface area (Å²) in [7, 11) is 0. The van der Waals surface area contributed by atoms with E-state index in [4.69, 9.17) is 16.3 Å². The number of carbonyl (C=O) groups is 1. The first kappa shape index (κ1) is 17.0. The molecule has 0 bridgehead atoms. The third-order valence-corrected chi connectivity index (χ3v) is 6.43. The SMILES string of the molecule is C[C@@H]1[C@H](N2CCOCC2)CCN1C(=O)c1cn[nH]c1-c1ccc(Cl)s1. The van der Waals surface area contributed by atoms with E-state index in [0.29, 0.717) is 15.9 Å². The highest BCUT2D eigenvalue weighted by molar-refractivity contribution is 7.19. The third-order valence-electron chi connectivity index (χ3n) is 5.18. The molecule has 4 rings (SSSR count). The molecule has 25 heavy (non-hydrogen) atoms. The number of thiophene rings is 1. The topological polar surface area (TPSA) is 61.5 Å². The van der Waals surface area contributed by atoms with Crippen molar-refractivity contribution in [2.75, 3.05) is 32.8 Å². The Morgan fingerprint density at radius 2 is 2.16 bits per heavy atom. The number of hydrogen-bond acceptors (Lipinski definition) is 5. The van der Waals surface area contributed by atoms with Crippen molar-refractivity contribution in [3.63, 3.8) is 0 Å². The van der Waals surface area contributed by atoms with Crippen LogP contribution in [0.5, 0.6) is 0 Å². The average molecular weight is 381 g/mol. The average Bonchev–Trinajstić information content (AvgIpc) is 3.34. The number of rotatable bonds is 3. The number of aromatic nitrogens is 2. The van der Waals surface area contributed by atoms with Gasteiger partial charge in [-0.1, -0.05) is 11.6 Å². The molecule has 0 saturated carbocycles. The molecule has 0 aromatic carbocycles. The summed E-state index contributed by atoms with van der Waals surface area (Å²) in [6.45, 7) is 6.37. The van der Waals surface area contributed by atoms with Gasteiger partial charge in [-0.15, -0.1) is 11.3 Å². The Hall–Kier alpha value is -1.41. The number of likely N-dealkylation sites (tertiary alicyclic amines) is 1. The molecule has 2 aliphatic heterocycles. The number of morpholine rings is 1. The second kappa shape index (κ2) is 7.07. The summed E-state index contributed by atoms with van der Waals surface area (Å²) in [5, 5.41) is 7.05. The quantitative estimate of drug-likeness (QED) is 0.889. The van der Waals surface area contributed by atoms with E-state index in [2.05, 4.69) is 22.0 Å². The Morgan fingerprint density at radius 3 is 2.88 bits per heavy atom. The molecule has 4 heterocycles. The van der Waals surface area contributed by atoms with Crippen LogP contribution in [0.15, 0.2) is 18.3 Å². The lowest BCUT2D eigenvalue weighted by Crippen LogP contribution is -2.49. The Kier molecular flexibility index (Phi) is 4.82. The number of aromatic amines is 1. The molecule has 2 fully saturated rings. The molecule has 134 valence electrons. The molecule has 0 spiro atoms. The second-order valence-corrected chi connectivity index (χ2v) is 8.22. The van der Waals surface area contributed by atoms with E-state index in [9.17, 15) is 4.79 Å².